The van der Waals surface area contributed by atoms with E-state index in [1.54, 1.807) is 30.3 Å². The normalized spacial score (nSPS) is 11.6. The van der Waals surface area contributed by atoms with Gasteiger partial charge < -0.3 is 5.32 Å². The summed E-state index contributed by atoms with van der Waals surface area (Å²) in [5.41, 5.74) is 2.51. The Balaban J connectivity index is 2.41. The van der Waals surface area contributed by atoms with Crippen LogP contribution in [0.25, 0.3) is 0 Å². The Kier molecular flexibility index (Phi) is 5.32. The van der Waals surface area contributed by atoms with Crippen molar-refractivity contribution in [3.05, 3.63) is 58.1 Å². The zero-order valence-corrected chi connectivity index (χ0v) is 15.5. The Morgan fingerprint density at radius 1 is 1.08 bits per heavy atom. The van der Waals surface area contributed by atoms with Crippen LogP contribution in [0.1, 0.15) is 21.5 Å². The van der Waals surface area contributed by atoms with Gasteiger partial charge in [0, 0.05) is 30.4 Å². The molecule has 0 aliphatic heterocycles. The number of nitrogens with one attached hydrogen (secondary N) is 1. The van der Waals surface area contributed by atoms with Crippen LogP contribution in [0.15, 0.2) is 41.3 Å². The van der Waals surface area contributed by atoms with Crippen molar-refractivity contribution in [1.82, 2.24) is 4.31 Å². The third-order valence-corrected chi connectivity index (χ3v) is 5.82. The van der Waals surface area contributed by atoms with E-state index in [4.69, 9.17) is 11.6 Å². The Bertz CT molecular complexity index is 875. The monoisotopic (exact) mass is 366 g/mol. The van der Waals surface area contributed by atoms with E-state index < -0.39 is 10.0 Å². The molecule has 0 saturated heterocycles. The van der Waals surface area contributed by atoms with Crippen molar-refractivity contribution >= 4 is 33.2 Å². The highest BCUT2D eigenvalue weighted by atomic mass is 35.5. The van der Waals surface area contributed by atoms with E-state index in [0.29, 0.717) is 16.3 Å². The van der Waals surface area contributed by atoms with E-state index in [0.717, 1.165) is 15.4 Å². The van der Waals surface area contributed by atoms with E-state index in [-0.39, 0.29) is 10.8 Å². The number of amides is 1. The SMILES string of the molecule is Cc1cc(S(=O)(=O)N(C)C)cc(NC(=O)c2ccc(Cl)cc2)c1C. The average Bonchev–Trinajstić information content (AvgIpc) is 2.51. The van der Waals surface area contributed by atoms with Gasteiger partial charge in [0.2, 0.25) is 10.0 Å². The van der Waals surface area contributed by atoms with Gasteiger partial charge >= 0.3 is 0 Å². The van der Waals surface area contributed by atoms with Gasteiger partial charge in [-0.25, -0.2) is 12.7 Å². The Hall–Kier alpha value is -1.89. The molecule has 0 atom stereocenters. The van der Waals surface area contributed by atoms with Crippen LogP contribution >= 0.6 is 11.6 Å². The summed E-state index contributed by atoms with van der Waals surface area (Å²) in [4.78, 5) is 12.5. The molecule has 0 radical (unpaired) electrons. The van der Waals surface area contributed by atoms with E-state index in [1.807, 2.05) is 13.8 Å². The Morgan fingerprint density at radius 2 is 1.67 bits per heavy atom. The van der Waals surface area contributed by atoms with Crippen molar-refractivity contribution < 1.29 is 13.2 Å². The molecule has 0 fully saturated rings. The number of hydrogen-bond donors (Lipinski definition) is 1. The smallest absolute Gasteiger partial charge is 0.255 e. The van der Waals surface area contributed by atoms with Gasteiger partial charge in [-0.3, -0.25) is 4.79 Å². The van der Waals surface area contributed by atoms with Crippen LogP contribution in [0.3, 0.4) is 0 Å². The lowest BCUT2D eigenvalue weighted by atomic mass is 10.1. The number of carbonyl (C=O) groups excluding carboxylic acids is 1. The summed E-state index contributed by atoms with van der Waals surface area (Å²) >= 11 is 5.82. The molecule has 0 aliphatic rings. The van der Waals surface area contributed by atoms with E-state index in [2.05, 4.69) is 5.32 Å². The lowest BCUT2D eigenvalue weighted by Crippen LogP contribution is -2.23. The van der Waals surface area contributed by atoms with Gasteiger partial charge in [-0.15, -0.1) is 0 Å². The molecule has 1 amide bonds. The van der Waals surface area contributed by atoms with E-state index in [9.17, 15) is 13.2 Å². The van der Waals surface area contributed by atoms with Gasteiger partial charge in [0.1, 0.15) is 0 Å². The second kappa shape index (κ2) is 6.93. The van der Waals surface area contributed by atoms with Crippen molar-refractivity contribution in [3.8, 4) is 0 Å². The predicted molar refractivity (Wildman–Crippen MR) is 96.2 cm³/mol. The first-order chi connectivity index (χ1) is 11.1. The fourth-order valence-corrected chi connectivity index (χ4v) is 3.25. The highest BCUT2D eigenvalue weighted by Crippen LogP contribution is 2.26. The van der Waals surface area contributed by atoms with Gasteiger partial charge in [0.05, 0.1) is 4.90 Å². The summed E-state index contributed by atoms with van der Waals surface area (Å²) in [5, 5.41) is 3.31. The predicted octanol–water partition coefficient (Wildman–Crippen LogP) is 3.46. The van der Waals surface area contributed by atoms with Crippen molar-refractivity contribution in [1.29, 1.82) is 0 Å². The fraction of sp³-hybridized carbons (Fsp3) is 0.235. The highest BCUT2D eigenvalue weighted by Gasteiger charge is 2.20. The first kappa shape index (κ1) is 18.4. The molecule has 0 heterocycles. The average molecular weight is 367 g/mol. The lowest BCUT2D eigenvalue weighted by molar-refractivity contribution is 0.102. The lowest BCUT2D eigenvalue weighted by Gasteiger charge is -2.16. The molecule has 0 bridgehead atoms. The molecule has 0 aliphatic carbocycles. The standard InChI is InChI=1S/C17H19ClN2O3S/c1-11-9-15(24(22,23)20(3)4)10-16(12(11)2)19-17(21)13-5-7-14(18)8-6-13/h5-10H,1-4H3,(H,19,21). The molecular weight excluding hydrogens is 348 g/mol. The van der Waals surface area contributed by atoms with Crippen LogP contribution in [0.2, 0.25) is 5.02 Å². The first-order valence-corrected chi connectivity index (χ1v) is 9.05. The molecule has 0 saturated carbocycles. The van der Waals surface area contributed by atoms with Crippen LogP contribution in [-0.2, 0) is 10.0 Å². The summed E-state index contributed by atoms with van der Waals surface area (Å²) in [6, 6.07) is 9.55. The molecule has 2 aromatic rings. The van der Waals surface area contributed by atoms with Gasteiger partial charge in [-0.1, -0.05) is 11.6 Å². The third-order valence-electron chi connectivity index (χ3n) is 3.77. The minimum Gasteiger partial charge on any atom is -0.322 e. The van der Waals surface area contributed by atoms with E-state index >= 15 is 0 Å². The maximum atomic E-state index is 12.4. The maximum absolute atomic E-state index is 12.4. The van der Waals surface area contributed by atoms with Crippen molar-refractivity contribution in [2.45, 2.75) is 18.7 Å². The molecule has 0 aromatic heterocycles. The Labute approximate surface area is 147 Å². The zero-order valence-electron chi connectivity index (χ0n) is 13.9. The molecule has 2 aromatic carbocycles. The number of nitrogens with zero attached hydrogens (tertiary/aromatic N) is 1. The van der Waals surface area contributed by atoms with Crippen LogP contribution in [0.4, 0.5) is 5.69 Å². The van der Waals surface area contributed by atoms with Gasteiger partial charge in [0.25, 0.3) is 5.91 Å². The number of sulfonamides is 1. The molecular formula is C17H19ClN2O3S. The van der Waals surface area contributed by atoms with Crippen LogP contribution < -0.4 is 5.32 Å². The molecule has 128 valence electrons. The molecule has 5 nitrogen and oxygen atoms in total. The second-order valence-corrected chi connectivity index (χ2v) is 8.25. The minimum absolute atomic E-state index is 0.141. The number of carbonyl (C=O) groups is 1. The van der Waals surface area contributed by atoms with Crippen molar-refractivity contribution in [2.24, 2.45) is 0 Å². The molecule has 24 heavy (non-hydrogen) atoms. The molecule has 7 heteroatoms. The number of benzene rings is 2. The number of halogens is 1. The van der Waals surface area contributed by atoms with Crippen molar-refractivity contribution in [3.63, 3.8) is 0 Å². The van der Waals surface area contributed by atoms with Gasteiger partial charge in [-0.05, 0) is 61.4 Å². The highest BCUT2D eigenvalue weighted by molar-refractivity contribution is 7.89. The number of aryl methyl sites for hydroxylation is 1. The van der Waals surface area contributed by atoms with Crippen molar-refractivity contribution in [2.75, 3.05) is 19.4 Å². The van der Waals surface area contributed by atoms with Crippen LogP contribution in [0, 0.1) is 13.8 Å². The summed E-state index contributed by atoms with van der Waals surface area (Å²) in [7, 11) is -0.643. The van der Waals surface area contributed by atoms with Gasteiger partial charge in [-0.2, -0.15) is 0 Å². The maximum Gasteiger partial charge on any atom is 0.255 e. The minimum atomic E-state index is -3.58. The molecule has 0 spiro atoms. The van der Waals surface area contributed by atoms with E-state index in [1.165, 1.54) is 20.2 Å². The summed E-state index contributed by atoms with van der Waals surface area (Å²) in [6.07, 6.45) is 0. The zero-order chi connectivity index (χ0) is 18.1. The number of anilines is 1. The molecule has 1 N–H and O–H groups in total. The number of rotatable bonds is 4. The Morgan fingerprint density at radius 3 is 2.21 bits per heavy atom. The summed E-state index contributed by atoms with van der Waals surface area (Å²) in [6.45, 7) is 3.64. The van der Waals surface area contributed by atoms with Gasteiger partial charge in [0.15, 0.2) is 0 Å². The second-order valence-electron chi connectivity index (χ2n) is 5.66. The topological polar surface area (TPSA) is 66.5 Å². The van der Waals surface area contributed by atoms with Crippen LogP contribution in [0.5, 0.6) is 0 Å². The molecule has 2 rings (SSSR count). The number of hydrogen-bond acceptors (Lipinski definition) is 3. The summed E-state index contributed by atoms with van der Waals surface area (Å²) in [5.74, 6) is -0.325. The summed E-state index contributed by atoms with van der Waals surface area (Å²) < 4.78 is 25.8. The quantitative estimate of drug-likeness (QED) is 0.901. The fourth-order valence-electron chi connectivity index (χ4n) is 2.11. The van der Waals surface area contributed by atoms with Crippen LogP contribution in [-0.4, -0.2) is 32.7 Å². The molecule has 0 unspecified atom stereocenters. The largest absolute Gasteiger partial charge is 0.322 e. The third kappa shape index (κ3) is 3.77. The first-order valence-electron chi connectivity index (χ1n) is 7.23.